The fourth-order valence-corrected chi connectivity index (χ4v) is 8.42. The normalized spacial score (nSPS) is 14.1. The van der Waals surface area contributed by atoms with Crippen LogP contribution < -0.4 is 14.4 Å². The van der Waals surface area contributed by atoms with Gasteiger partial charge in [0.05, 0.1) is 29.8 Å². The summed E-state index contributed by atoms with van der Waals surface area (Å²) in [7, 11) is -2.01. The summed E-state index contributed by atoms with van der Waals surface area (Å²) in [5, 5.41) is 0. The number of aromatic nitrogens is 1. The Labute approximate surface area is 342 Å². The van der Waals surface area contributed by atoms with E-state index in [1.54, 1.807) is 23.2 Å². The number of nitrogens with zero attached hydrogens (tertiary/aromatic N) is 3. The monoisotopic (exact) mass is 794 g/mol. The minimum Gasteiger partial charge on any atom is -0.489 e. The van der Waals surface area contributed by atoms with E-state index in [0.29, 0.717) is 37.6 Å². The number of amides is 1. The van der Waals surface area contributed by atoms with Crippen molar-refractivity contribution in [3.63, 3.8) is 0 Å². The van der Waals surface area contributed by atoms with Crippen LogP contribution in [-0.2, 0) is 34.3 Å². The SMILES string of the molecule is CC(CCc1ccc(CN(C)C(=O)c2ccc(OCc3ccccc3)cc2)c(N2CCOCC2)c1)c1ccc(S(=O)(=O)NC(c2ccccc2)c2ccccn2)cc1. The summed E-state index contributed by atoms with van der Waals surface area (Å²) >= 11 is 0. The lowest BCUT2D eigenvalue weighted by molar-refractivity contribution is 0.0784. The number of rotatable bonds is 16. The number of aryl methyl sites for hydroxylation is 1. The van der Waals surface area contributed by atoms with Crippen LogP contribution in [0, 0.1) is 0 Å². The number of hydrogen-bond acceptors (Lipinski definition) is 7. The number of pyridine rings is 1. The average Bonchev–Trinajstić information content (AvgIpc) is 3.28. The first-order valence-electron chi connectivity index (χ1n) is 19.8. The van der Waals surface area contributed by atoms with Crippen LogP contribution in [0.25, 0.3) is 0 Å². The van der Waals surface area contributed by atoms with Crippen LogP contribution in [0.1, 0.15) is 69.2 Å². The Hall–Kier alpha value is -5.81. The highest BCUT2D eigenvalue weighted by Crippen LogP contribution is 2.29. The van der Waals surface area contributed by atoms with Gasteiger partial charge in [0.25, 0.3) is 5.91 Å². The summed E-state index contributed by atoms with van der Waals surface area (Å²) < 4.78 is 41.8. The van der Waals surface area contributed by atoms with E-state index in [2.05, 4.69) is 39.7 Å². The van der Waals surface area contributed by atoms with E-state index in [4.69, 9.17) is 9.47 Å². The van der Waals surface area contributed by atoms with Gasteiger partial charge in [0.15, 0.2) is 0 Å². The molecule has 2 heterocycles. The smallest absolute Gasteiger partial charge is 0.253 e. The first kappa shape index (κ1) is 40.4. The molecule has 7 rings (SSSR count). The van der Waals surface area contributed by atoms with Crippen molar-refractivity contribution in [2.45, 2.75) is 49.8 Å². The molecular weight excluding hydrogens is 745 g/mol. The molecule has 298 valence electrons. The van der Waals surface area contributed by atoms with Gasteiger partial charge in [-0.05, 0) is 101 Å². The van der Waals surface area contributed by atoms with Gasteiger partial charge in [-0.15, -0.1) is 0 Å². The number of carbonyl (C=O) groups excluding carboxylic acids is 1. The topological polar surface area (TPSA) is 101 Å². The Morgan fingerprint density at radius 3 is 2.19 bits per heavy atom. The maximum atomic E-state index is 13.6. The van der Waals surface area contributed by atoms with Crippen molar-refractivity contribution in [3.8, 4) is 5.75 Å². The van der Waals surface area contributed by atoms with E-state index in [0.717, 1.165) is 59.6 Å². The molecule has 1 saturated heterocycles. The molecule has 2 atom stereocenters. The van der Waals surface area contributed by atoms with E-state index in [1.807, 2.05) is 122 Å². The summed E-state index contributed by atoms with van der Waals surface area (Å²) in [6.07, 6.45) is 3.39. The number of ether oxygens (including phenoxy) is 2. The summed E-state index contributed by atoms with van der Waals surface area (Å²) in [5.41, 5.74) is 7.62. The molecule has 0 bridgehead atoms. The molecule has 0 spiro atoms. The van der Waals surface area contributed by atoms with Crippen LogP contribution in [0.15, 0.2) is 157 Å². The van der Waals surface area contributed by atoms with E-state index < -0.39 is 16.1 Å². The van der Waals surface area contributed by atoms with Gasteiger partial charge in [-0.3, -0.25) is 9.78 Å². The van der Waals surface area contributed by atoms with Crippen molar-refractivity contribution < 1.29 is 22.7 Å². The molecule has 1 aromatic heterocycles. The first-order chi connectivity index (χ1) is 28.2. The van der Waals surface area contributed by atoms with E-state index >= 15 is 0 Å². The number of sulfonamides is 1. The van der Waals surface area contributed by atoms with Crippen LogP contribution in [0.4, 0.5) is 5.69 Å². The zero-order chi connectivity index (χ0) is 40.3. The fraction of sp³-hybridized carbons (Fsp3) is 0.250. The molecule has 9 nitrogen and oxygen atoms in total. The van der Waals surface area contributed by atoms with Crippen LogP contribution in [0.3, 0.4) is 0 Å². The van der Waals surface area contributed by atoms with Gasteiger partial charge >= 0.3 is 0 Å². The number of morpholine rings is 1. The van der Waals surface area contributed by atoms with Crippen molar-refractivity contribution in [2.75, 3.05) is 38.3 Å². The molecule has 1 fully saturated rings. The summed E-state index contributed by atoms with van der Waals surface area (Å²) in [5.74, 6) is 0.856. The molecular formula is C48H50N4O5S. The third kappa shape index (κ3) is 10.4. The van der Waals surface area contributed by atoms with Gasteiger partial charge in [-0.25, -0.2) is 8.42 Å². The van der Waals surface area contributed by atoms with Gasteiger partial charge in [0, 0.05) is 44.1 Å². The van der Waals surface area contributed by atoms with Crippen LogP contribution >= 0.6 is 0 Å². The molecule has 1 N–H and O–H groups in total. The average molecular weight is 795 g/mol. The Morgan fingerprint density at radius 1 is 0.810 bits per heavy atom. The highest BCUT2D eigenvalue weighted by molar-refractivity contribution is 7.89. The second-order valence-corrected chi connectivity index (χ2v) is 16.5. The molecule has 58 heavy (non-hydrogen) atoms. The van der Waals surface area contributed by atoms with Gasteiger partial charge < -0.3 is 19.3 Å². The molecule has 0 radical (unpaired) electrons. The third-order valence-corrected chi connectivity index (χ3v) is 12.1. The molecule has 1 aliphatic heterocycles. The zero-order valence-corrected chi connectivity index (χ0v) is 33.9. The maximum Gasteiger partial charge on any atom is 0.253 e. The largest absolute Gasteiger partial charge is 0.489 e. The third-order valence-electron chi connectivity index (χ3n) is 10.6. The minimum atomic E-state index is -3.85. The highest BCUT2D eigenvalue weighted by Gasteiger charge is 2.24. The predicted octanol–water partition coefficient (Wildman–Crippen LogP) is 8.57. The molecule has 10 heteroatoms. The molecule has 2 unspecified atom stereocenters. The Kier molecular flexibility index (Phi) is 13.3. The predicted molar refractivity (Wildman–Crippen MR) is 229 cm³/mol. The number of hydrogen-bond donors (Lipinski definition) is 1. The Balaban J connectivity index is 0.987. The lowest BCUT2D eigenvalue weighted by Gasteiger charge is -2.32. The molecule has 0 saturated carbocycles. The maximum absolute atomic E-state index is 13.6. The highest BCUT2D eigenvalue weighted by atomic mass is 32.2. The standard InChI is InChI=1S/C48H50N4O5S/c1-36(39-22-26-44(27-23-39)58(54,55)50-47(40-13-7-4-8-14-40)45-15-9-10-28-49-45)16-17-37-18-19-42(46(33-37)52-29-31-56-32-30-52)34-51(2)48(53)41-20-24-43(25-21-41)57-35-38-11-5-3-6-12-38/h3-15,18-28,33,36,47,50H,16-17,29-32,34-35H2,1-2H3. The van der Waals surface area contributed by atoms with Gasteiger partial charge in [0.2, 0.25) is 10.0 Å². The van der Waals surface area contributed by atoms with E-state index in [1.165, 1.54) is 5.56 Å². The van der Waals surface area contributed by atoms with Gasteiger partial charge in [0.1, 0.15) is 12.4 Å². The van der Waals surface area contributed by atoms with Gasteiger partial charge in [-0.2, -0.15) is 4.72 Å². The fourth-order valence-electron chi connectivity index (χ4n) is 7.22. The molecule has 5 aromatic carbocycles. The van der Waals surface area contributed by atoms with E-state index in [9.17, 15) is 13.2 Å². The Morgan fingerprint density at radius 2 is 1.50 bits per heavy atom. The molecule has 1 amide bonds. The van der Waals surface area contributed by atoms with Crippen LogP contribution in [0.2, 0.25) is 0 Å². The second-order valence-electron chi connectivity index (χ2n) is 14.8. The van der Waals surface area contributed by atoms with Crippen LogP contribution in [-0.4, -0.2) is 57.6 Å². The minimum absolute atomic E-state index is 0.0562. The van der Waals surface area contributed by atoms with Gasteiger partial charge in [-0.1, -0.05) is 97.9 Å². The molecule has 1 aliphatic rings. The van der Waals surface area contributed by atoms with Crippen molar-refractivity contribution in [3.05, 3.63) is 191 Å². The first-order valence-corrected chi connectivity index (χ1v) is 21.3. The number of anilines is 1. The number of benzene rings is 5. The summed E-state index contributed by atoms with van der Waals surface area (Å²) in [4.78, 5) is 22.3. The summed E-state index contributed by atoms with van der Waals surface area (Å²) in [6, 6.07) is 45.5. The van der Waals surface area contributed by atoms with Crippen molar-refractivity contribution in [1.29, 1.82) is 0 Å². The van der Waals surface area contributed by atoms with Crippen molar-refractivity contribution in [1.82, 2.24) is 14.6 Å². The summed E-state index contributed by atoms with van der Waals surface area (Å²) in [6.45, 7) is 5.99. The zero-order valence-electron chi connectivity index (χ0n) is 33.0. The van der Waals surface area contributed by atoms with Crippen molar-refractivity contribution in [2.24, 2.45) is 0 Å². The van der Waals surface area contributed by atoms with Crippen LogP contribution in [0.5, 0.6) is 5.75 Å². The van der Waals surface area contributed by atoms with E-state index in [-0.39, 0.29) is 16.7 Å². The second kappa shape index (κ2) is 19.1. The lowest BCUT2D eigenvalue weighted by Crippen LogP contribution is -2.37. The molecule has 6 aromatic rings. The number of carbonyl (C=O) groups is 1. The molecule has 0 aliphatic carbocycles. The lowest BCUT2D eigenvalue weighted by atomic mass is 9.93. The Bertz CT molecular complexity index is 2300. The van der Waals surface area contributed by atoms with Crippen molar-refractivity contribution >= 4 is 21.6 Å². The number of nitrogens with one attached hydrogen (secondary N) is 1. The quantitative estimate of drug-likeness (QED) is 0.105.